The second-order valence-corrected chi connectivity index (χ2v) is 14.0. The molecule has 10 heteroatoms. The summed E-state index contributed by atoms with van der Waals surface area (Å²) >= 11 is 0. The van der Waals surface area contributed by atoms with Gasteiger partial charge < -0.3 is 4.43 Å². The Labute approximate surface area is 178 Å². The van der Waals surface area contributed by atoms with Crippen molar-refractivity contribution in [2.75, 3.05) is 0 Å². The molecule has 1 aliphatic rings. The Morgan fingerprint density at radius 3 is 2.60 bits per heavy atom. The van der Waals surface area contributed by atoms with Gasteiger partial charge in [-0.1, -0.05) is 27.7 Å². The summed E-state index contributed by atoms with van der Waals surface area (Å²) in [5.41, 5.74) is -1.53. The van der Waals surface area contributed by atoms with Crippen molar-refractivity contribution in [2.45, 2.75) is 77.2 Å². The standard InChI is InChI=1S/C20H30N6O3Si/c1-9-20(21-6)14(2)16(29-30(7,8)19(3,4)5)17(28-20)25-11-10-15(24-18(25)27)26-13-22-12-23-26/h10-14,16-17H,9H2,1-5,7-8H3/t14-,16+,17+,20+/m0/s1. The summed E-state index contributed by atoms with van der Waals surface area (Å²) in [6.45, 7) is 22.5. The molecule has 0 saturated carbocycles. The largest absolute Gasteiger partial charge is 0.409 e. The number of aromatic nitrogens is 5. The Morgan fingerprint density at radius 1 is 1.40 bits per heavy atom. The molecular weight excluding hydrogens is 400 g/mol. The third-order valence-electron chi connectivity index (χ3n) is 6.49. The summed E-state index contributed by atoms with van der Waals surface area (Å²) in [4.78, 5) is 24.8. The van der Waals surface area contributed by atoms with E-state index >= 15 is 0 Å². The zero-order valence-corrected chi connectivity index (χ0v) is 19.7. The molecule has 162 valence electrons. The van der Waals surface area contributed by atoms with Crippen molar-refractivity contribution in [3.05, 3.63) is 46.8 Å². The number of rotatable bonds is 5. The van der Waals surface area contributed by atoms with E-state index in [1.54, 1.807) is 12.3 Å². The van der Waals surface area contributed by atoms with Crippen LogP contribution in [0.25, 0.3) is 10.7 Å². The molecule has 3 heterocycles. The van der Waals surface area contributed by atoms with Gasteiger partial charge in [0, 0.05) is 6.20 Å². The Bertz CT molecular complexity index is 991. The summed E-state index contributed by atoms with van der Waals surface area (Å²) in [5, 5.41) is 3.99. The van der Waals surface area contributed by atoms with E-state index in [-0.39, 0.29) is 11.0 Å². The second-order valence-electron chi connectivity index (χ2n) is 9.27. The van der Waals surface area contributed by atoms with Crippen molar-refractivity contribution >= 4 is 8.32 Å². The third kappa shape index (κ3) is 3.73. The molecule has 1 aliphatic heterocycles. The Balaban J connectivity index is 2.04. The van der Waals surface area contributed by atoms with E-state index in [0.29, 0.717) is 12.2 Å². The van der Waals surface area contributed by atoms with Gasteiger partial charge in [-0.3, -0.25) is 14.1 Å². The van der Waals surface area contributed by atoms with Gasteiger partial charge in [0.1, 0.15) is 18.8 Å². The van der Waals surface area contributed by atoms with Crippen molar-refractivity contribution in [1.82, 2.24) is 24.3 Å². The van der Waals surface area contributed by atoms with Crippen LogP contribution in [0.3, 0.4) is 0 Å². The average molecular weight is 431 g/mol. The van der Waals surface area contributed by atoms with Gasteiger partial charge in [0.2, 0.25) is 0 Å². The fourth-order valence-electron chi connectivity index (χ4n) is 3.44. The first-order valence-corrected chi connectivity index (χ1v) is 13.0. The minimum Gasteiger partial charge on any atom is -0.409 e. The third-order valence-corrected chi connectivity index (χ3v) is 11.0. The highest BCUT2D eigenvalue weighted by Crippen LogP contribution is 2.48. The van der Waals surface area contributed by atoms with Crippen LogP contribution in [0.1, 0.15) is 47.3 Å². The number of hydrogen-bond acceptors (Lipinski definition) is 6. The van der Waals surface area contributed by atoms with E-state index in [1.807, 2.05) is 13.8 Å². The quantitative estimate of drug-likeness (QED) is 0.534. The summed E-state index contributed by atoms with van der Waals surface area (Å²) in [6, 6.07) is 1.68. The topological polar surface area (TPSA) is 88.4 Å². The van der Waals surface area contributed by atoms with Crippen molar-refractivity contribution < 1.29 is 9.16 Å². The molecule has 4 atom stereocenters. The van der Waals surface area contributed by atoms with Crippen LogP contribution in [0.5, 0.6) is 0 Å². The molecule has 2 aromatic heterocycles. The zero-order valence-electron chi connectivity index (χ0n) is 18.7. The summed E-state index contributed by atoms with van der Waals surface area (Å²) in [5.74, 6) is 0.162. The van der Waals surface area contributed by atoms with Crippen LogP contribution in [0, 0.1) is 12.5 Å². The molecule has 0 N–H and O–H groups in total. The maximum Gasteiger partial charge on any atom is 0.351 e. The van der Waals surface area contributed by atoms with Crippen molar-refractivity contribution in [1.29, 1.82) is 0 Å². The number of nitrogens with zero attached hydrogens (tertiary/aromatic N) is 6. The molecule has 0 unspecified atom stereocenters. The zero-order chi connectivity index (χ0) is 22.3. The minimum atomic E-state index is -2.19. The molecule has 3 rings (SSSR count). The molecule has 0 aliphatic carbocycles. The van der Waals surface area contributed by atoms with Crippen LogP contribution in [0.15, 0.2) is 29.7 Å². The second kappa shape index (κ2) is 7.72. The van der Waals surface area contributed by atoms with Gasteiger partial charge in [-0.05, 0) is 31.1 Å². The van der Waals surface area contributed by atoms with Crippen LogP contribution in [0.4, 0.5) is 0 Å². The first-order chi connectivity index (χ1) is 14.0. The molecule has 0 bridgehead atoms. The fraction of sp³-hybridized carbons (Fsp3) is 0.650. The highest BCUT2D eigenvalue weighted by molar-refractivity contribution is 6.74. The highest BCUT2D eigenvalue weighted by atomic mass is 28.4. The maximum atomic E-state index is 12.9. The van der Waals surface area contributed by atoms with E-state index in [2.05, 4.69) is 53.8 Å². The van der Waals surface area contributed by atoms with Gasteiger partial charge in [-0.15, -0.1) is 0 Å². The van der Waals surface area contributed by atoms with E-state index in [1.165, 1.54) is 21.9 Å². The molecule has 0 aromatic carbocycles. The molecular formula is C20H30N6O3Si. The van der Waals surface area contributed by atoms with Gasteiger partial charge in [0.05, 0.1) is 12.3 Å². The van der Waals surface area contributed by atoms with Crippen molar-refractivity contribution in [2.24, 2.45) is 5.92 Å². The lowest BCUT2D eigenvalue weighted by molar-refractivity contribution is -0.0717. The predicted molar refractivity (Wildman–Crippen MR) is 114 cm³/mol. The molecule has 30 heavy (non-hydrogen) atoms. The monoisotopic (exact) mass is 430 g/mol. The molecule has 0 spiro atoms. The Morgan fingerprint density at radius 2 is 2.10 bits per heavy atom. The Kier molecular flexibility index (Phi) is 5.75. The van der Waals surface area contributed by atoms with Gasteiger partial charge in [0.15, 0.2) is 20.4 Å². The van der Waals surface area contributed by atoms with Crippen LogP contribution in [-0.4, -0.2) is 44.5 Å². The van der Waals surface area contributed by atoms with E-state index in [4.69, 9.17) is 15.7 Å². The van der Waals surface area contributed by atoms with Crippen LogP contribution in [0.2, 0.25) is 18.1 Å². The number of ether oxygens (including phenoxy) is 1. The van der Waals surface area contributed by atoms with Crippen LogP contribution < -0.4 is 5.69 Å². The fourth-order valence-corrected chi connectivity index (χ4v) is 4.80. The van der Waals surface area contributed by atoms with Crippen molar-refractivity contribution in [3.63, 3.8) is 0 Å². The smallest absolute Gasteiger partial charge is 0.351 e. The molecule has 0 amide bonds. The van der Waals surface area contributed by atoms with E-state index in [9.17, 15) is 4.79 Å². The van der Waals surface area contributed by atoms with Gasteiger partial charge >= 0.3 is 11.4 Å². The van der Waals surface area contributed by atoms with E-state index in [0.717, 1.165) is 0 Å². The first-order valence-electron chi connectivity index (χ1n) is 10.1. The van der Waals surface area contributed by atoms with Crippen LogP contribution in [-0.2, 0) is 9.16 Å². The van der Waals surface area contributed by atoms with Gasteiger partial charge in [0.25, 0.3) is 0 Å². The maximum absolute atomic E-state index is 12.9. The van der Waals surface area contributed by atoms with Crippen LogP contribution >= 0.6 is 0 Å². The normalized spacial score (nSPS) is 27.2. The predicted octanol–water partition coefficient (Wildman–Crippen LogP) is 3.40. The van der Waals surface area contributed by atoms with Gasteiger partial charge in [-0.25, -0.2) is 21.0 Å². The minimum absolute atomic E-state index is 0.0208. The molecule has 1 saturated heterocycles. The molecule has 9 nitrogen and oxygen atoms in total. The average Bonchev–Trinajstić information content (AvgIpc) is 3.29. The first kappa shape index (κ1) is 22.3. The lowest BCUT2D eigenvalue weighted by Gasteiger charge is -2.40. The molecule has 2 aromatic rings. The Hall–Kier alpha value is -2.35. The molecule has 0 radical (unpaired) electrons. The summed E-state index contributed by atoms with van der Waals surface area (Å²) in [7, 11) is -2.19. The lowest BCUT2D eigenvalue weighted by Crippen LogP contribution is -2.48. The lowest BCUT2D eigenvalue weighted by atomic mass is 9.93. The SMILES string of the molecule is [C-]#[N+][C@]1(CC)O[C@@H](n2ccc(-n3cncn3)nc2=O)[C@H](O[Si](C)(C)C(C)(C)C)[C@@H]1C. The van der Waals surface area contributed by atoms with Gasteiger partial charge in [-0.2, -0.15) is 10.1 Å². The van der Waals surface area contributed by atoms with Crippen molar-refractivity contribution in [3.8, 4) is 5.82 Å². The van der Waals surface area contributed by atoms with E-state index < -0.39 is 32.1 Å². The number of hydrogen-bond donors (Lipinski definition) is 0. The summed E-state index contributed by atoms with van der Waals surface area (Å²) in [6.07, 6.45) is 3.82. The summed E-state index contributed by atoms with van der Waals surface area (Å²) < 4.78 is 15.8. The highest BCUT2D eigenvalue weighted by Gasteiger charge is 2.60. The molecule has 1 fully saturated rings.